The minimum Gasteiger partial charge on any atom is -0.461 e. The van der Waals surface area contributed by atoms with Crippen molar-refractivity contribution < 1.29 is 18.7 Å². The van der Waals surface area contributed by atoms with E-state index in [0.717, 1.165) is 0 Å². The largest absolute Gasteiger partial charge is 0.461 e. The standard InChI is InChI=1S/C14H9NO4/c15-7-10(14(16)12-2-1-5-17-12)9-3-4-11-13(6-9)19-8-18-11/h1-6,10H,8H2. The van der Waals surface area contributed by atoms with Gasteiger partial charge in [0.2, 0.25) is 12.6 Å². The van der Waals surface area contributed by atoms with Crippen molar-refractivity contribution in [2.75, 3.05) is 6.79 Å². The summed E-state index contributed by atoms with van der Waals surface area (Å²) in [6, 6.07) is 10.2. The molecule has 2 heterocycles. The Bertz CT molecular complexity index is 655. The summed E-state index contributed by atoms with van der Waals surface area (Å²) in [5, 5.41) is 9.21. The molecule has 0 radical (unpaired) electrons. The summed E-state index contributed by atoms with van der Waals surface area (Å²) in [6.45, 7) is 0.155. The van der Waals surface area contributed by atoms with Gasteiger partial charge in [0.05, 0.1) is 12.3 Å². The van der Waals surface area contributed by atoms with E-state index in [1.807, 2.05) is 6.07 Å². The molecule has 1 unspecified atom stereocenters. The molecule has 19 heavy (non-hydrogen) atoms. The van der Waals surface area contributed by atoms with Crippen LogP contribution in [0.4, 0.5) is 0 Å². The molecule has 0 bridgehead atoms. The van der Waals surface area contributed by atoms with Gasteiger partial charge in [-0.05, 0) is 29.8 Å². The van der Waals surface area contributed by atoms with E-state index in [0.29, 0.717) is 17.1 Å². The fourth-order valence-corrected chi connectivity index (χ4v) is 1.94. The van der Waals surface area contributed by atoms with E-state index >= 15 is 0 Å². The van der Waals surface area contributed by atoms with Crippen LogP contribution in [0.1, 0.15) is 22.0 Å². The first kappa shape index (κ1) is 11.4. The fourth-order valence-electron chi connectivity index (χ4n) is 1.94. The van der Waals surface area contributed by atoms with Gasteiger partial charge < -0.3 is 13.9 Å². The zero-order chi connectivity index (χ0) is 13.2. The van der Waals surface area contributed by atoms with Gasteiger partial charge in [0.15, 0.2) is 17.3 Å². The Morgan fingerprint density at radius 2 is 2.11 bits per heavy atom. The van der Waals surface area contributed by atoms with Crippen LogP contribution in [0.3, 0.4) is 0 Å². The summed E-state index contributed by atoms with van der Waals surface area (Å²) in [5.41, 5.74) is 0.563. The lowest BCUT2D eigenvalue weighted by molar-refractivity contribution is 0.0952. The number of carbonyl (C=O) groups excluding carboxylic acids is 1. The first-order valence-corrected chi connectivity index (χ1v) is 5.66. The van der Waals surface area contributed by atoms with Crippen LogP contribution in [0.2, 0.25) is 0 Å². The van der Waals surface area contributed by atoms with Gasteiger partial charge in [0.25, 0.3) is 0 Å². The molecule has 1 aliphatic rings. The van der Waals surface area contributed by atoms with Crippen LogP contribution in [0, 0.1) is 11.3 Å². The fraction of sp³-hybridized carbons (Fsp3) is 0.143. The lowest BCUT2D eigenvalue weighted by atomic mass is 9.94. The van der Waals surface area contributed by atoms with Gasteiger partial charge >= 0.3 is 0 Å². The van der Waals surface area contributed by atoms with E-state index in [1.54, 1.807) is 30.3 Å². The number of ether oxygens (including phenoxy) is 2. The molecule has 1 aromatic carbocycles. The summed E-state index contributed by atoms with van der Waals surface area (Å²) >= 11 is 0. The van der Waals surface area contributed by atoms with E-state index < -0.39 is 5.92 Å². The minimum absolute atomic E-state index is 0.155. The quantitative estimate of drug-likeness (QED) is 0.788. The molecular formula is C14H9NO4. The Morgan fingerprint density at radius 1 is 1.26 bits per heavy atom. The third-order valence-electron chi connectivity index (χ3n) is 2.89. The number of hydrogen-bond acceptors (Lipinski definition) is 5. The molecule has 0 saturated carbocycles. The van der Waals surface area contributed by atoms with Gasteiger partial charge in [-0.15, -0.1) is 0 Å². The summed E-state index contributed by atoms with van der Waals surface area (Å²) in [7, 11) is 0. The number of Topliss-reactive ketones (excluding diaryl/α,β-unsaturated/α-hetero) is 1. The summed E-state index contributed by atoms with van der Waals surface area (Å²) in [4.78, 5) is 12.1. The van der Waals surface area contributed by atoms with Crippen molar-refractivity contribution in [3.63, 3.8) is 0 Å². The number of furan rings is 1. The van der Waals surface area contributed by atoms with E-state index in [1.165, 1.54) is 6.26 Å². The Hall–Kier alpha value is -2.74. The maximum atomic E-state index is 12.1. The van der Waals surface area contributed by atoms with Gasteiger partial charge in [-0.25, -0.2) is 0 Å². The highest BCUT2D eigenvalue weighted by Crippen LogP contribution is 2.35. The topological polar surface area (TPSA) is 72.5 Å². The van der Waals surface area contributed by atoms with Crippen LogP contribution in [0.15, 0.2) is 41.0 Å². The number of carbonyl (C=O) groups is 1. The van der Waals surface area contributed by atoms with Crippen molar-refractivity contribution in [3.05, 3.63) is 47.9 Å². The van der Waals surface area contributed by atoms with Crippen molar-refractivity contribution in [1.29, 1.82) is 5.26 Å². The number of benzene rings is 1. The first-order valence-electron chi connectivity index (χ1n) is 5.66. The maximum absolute atomic E-state index is 12.1. The third kappa shape index (κ3) is 1.93. The molecule has 2 aromatic rings. The maximum Gasteiger partial charge on any atom is 0.231 e. The Kier molecular flexibility index (Phi) is 2.69. The molecular weight excluding hydrogens is 246 g/mol. The van der Waals surface area contributed by atoms with Crippen LogP contribution in [0.5, 0.6) is 11.5 Å². The smallest absolute Gasteiger partial charge is 0.231 e. The molecule has 1 aliphatic heterocycles. The van der Waals surface area contributed by atoms with Crippen molar-refractivity contribution in [3.8, 4) is 17.6 Å². The van der Waals surface area contributed by atoms with Crippen LogP contribution < -0.4 is 9.47 Å². The Morgan fingerprint density at radius 3 is 2.84 bits per heavy atom. The predicted octanol–water partition coefficient (Wildman–Crippen LogP) is 2.50. The Labute approximate surface area is 109 Å². The molecule has 3 rings (SSSR count). The first-order chi connectivity index (χ1) is 9.29. The number of nitriles is 1. The molecule has 1 aromatic heterocycles. The molecule has 0 saturated heterocycles. The zero-order valence-corrected chi connectivity index (χ0v) is 9.83. The highest BCUT2D eigenvalue weighted by Gasteiger charge is 2.26. The highest BCUT2D eigenvalue weighted by atomic mass is 16.7. The normalized spacial score (nSPS) is 13.8. The van der Waals surface area contributed by atoms with Crippen molar-refractivity contribution in [2.24, 2.45) is 0 Å². The van der Waals surface area contributed by atoms with Crippen molar-refractivity contribution >= 4 is 5.78 Å². The molecule has 1 atom stereocenters. The van der Waals surface area contributed by atoms with Crippen LogP contribution in [0.25, 0.3) is 0 Å². The third-order valence-corrected chi connectivity index (χ3v) is 2.89. The summed E-state index contributed by atoms with van der Waals surface area (Å²) < 4.78 is 15.5. The van der Waals surface area contributed by atoms with Crippen molar-refractivity contribution in [2.45, 2.75) is 5.92 Å². The van der Waals surface area contributed by atoms with Crippen molar-refractivity contribution in [1.82, 2.24) is 0 Å². The molecule has 0 fully saturated rings. The second kappa shape index (κ2) is 4.50. The molecule has 94 valence electrons. The average Bonchev–Trinajstić information content (AvgIpc) is 3.10. The lowest BCUT2D eigenvalue weighted by Gasteiger charge is -2.07. The van der Waals surface area contributed by atoms with E-state index in [4.69, 9.17) is 13.9 Å². The number of fused-ring (bicyclic) bond motifs is 1. The lowest BCUT2D eigenvalue weighted by Crippen LogP contribution is -2.10. The molecule has 5 heteroatoms. The highest BCUT2D eigenvalue weighted by molar-refractivity contribution is 6.00. The Balaban J connectivity index is 1.95. The molecule has 5 nitrogen and oxygen atoms in total. The van der Waals surface area contributed by atoms with Crippen LogP contribution in [-0.2, 0) is 0 Å². The molecule has 0 N–H and O–H groups in total. The molecule has 0 aliphatic carbocycles. The SMILES string of the molecule is N#CC(C(=O)c1ccco1)c1ccc2c(c1)OCO2. The number of nitrogens with zero attached hydrogens (tertiary/aromatic N) is 1. The minimum atomic E-state index is -0.916. The van der Waals surface area contributed by atoms with Gasteiger partial charge in [-0.3, -0.25) is 4.79 Å². The second-order valence-electron chi connectivity index (χ2n) is 4.02. The van der Waals surface area contributed by atoms with Gasteiger partial charge in [-0.1, -0.05) is 6.07 Å². The number of rotatable bonds is 3. The summed E-state index contributed by atoms with van der Waals surface area (Å²) in [5.74, 6) is 0.0483. The van der Waals surface area contributed by atoms with E-state index in [2.05, 4.69) is 0 Å². The molecule has 0 amide bonds. The van der Waals surface area contributed by atoms with Gasteiger partial charge in [0.1, 0.15) is 5.92 Å². The van der Waals surface area contributed by atoms with E-state index in [9.17, 15) is 10.1 Å². The van der Waals surface area contributed by atoms with Crippen LogP contribution in [-0.4, -0.2) is 12.6 Å². The number of ketones is 1. The predicted molar refractivity (Wildman–Crippen MR) is 64.0 cm³/mol. The van der Waals surface area contributed by atoms with E-state index in [-0.39, 0.29) is 18.3 Å². The van der Waals surface area contributed by atoms with Gasteiger partial charge in [0, 0.05) is 0 Å². The van der Waals surface area contributed by atoms with Crippen LogP contribution >= 0.6 is 0 Å². The van der Waals surface area contributed by atoms with Gasteiger partial charge in [-0.2, -0.15) is 5.26 Å². The average molecular weight is 255 g/mol. The monoisotopic (exact) mass is 255 g/mol. The zero-order valence-electron chi connectivity index (χ0n) is 9.83. The second-order valence-corrected chi connectivity index (χ2v) is 4.02. The molecule has 0 spiro atoms. The summed E-state index contributed by atoms with van der Waals surface area (Å²) in [6.07, 6.45) is 1.40. The number of hydrogen-bond donors (Lipinski definition) is 0.